The van der Waals surface area contributed by atoms with E-state index in [1.54, 1.807) is 6.92 Å². The van der Waals surface area contributed by atoms with Crippen LogP contribution in [-0.4, -0.2) is 39.7 Å². The predicted molar refractivity (Wildman–Crippen MR) is 112 cm³/mol. The van der Waals surface area contributed by atoms with Crippen molar-refractivity contribution in [2.45, 2.75) is 51.7 Å². The molecule has 1 amide bonds. The molecular weight excluding hydrogens is 376 g/mol. The third-order valence-corrected chi connectivity index (χ3v) is 6.77. The largest absolute Gasteiger partial charge is 0.284 e. The molecule has 2 aromatic rings. The highest BCUT2D eigenvalue weighted by molar-refractivity contribution is 7.73. The van der Waals surface area contributed by atoms with Crippen LogP contribution in [0.2, 0.25) is 0 Å². The number of rotatable bonds is 6. The molecule has 1 aromatic carbocycles. The van der Waals surface area contributed by atoms with Crippen LogP contribution in [0.4, 0.5) is 5.13 Å². The number of likely N-dealkylation sites (tertiary alicyclic amines) is 1. The van der Waals surface area contributed by atoms with Gasteiger partial charge in [0.25, 0.3) is 0 Å². The lowest BCUT2D eigenvalue weighted by molar-refractivity contribution is -0.116. The van der Waals surface area contributed by atoms with E-state index < -0.39 is 0 Å². The van der Waals surface area contributed by atoms with Crippen molar-refractivity contribution >= 4 is 34.6 Å². The van der Waals surface area contributed by atoms with E-state index in [-0.39, 0.29) is 5.91 Å². The Kier molecular flexibility index (Phi) is 5.71. The average molecular weight is 403 g/mol. The number of aromatic nitrogens is 2. The zero-order valence-electron chi connectivity index (χ0n) is 15.7. The first-order valence-corrected chi connectivity index (χ1v) is 11.0. The summed E-state index contributed by atoms with van der Waals surface area (Å²) < 4.78 is 2.65. The molecule has 0 radical (unpaired) electrons. The Bertz CT molecular complexity index is 835. The number of benzene rings is 1. The SMILES string of the molecule is CC(=O)N(c1nn(CN2CCC(Cc3ccccc3)CC2)c(=S)s1)C1CC1. The molecule has 1 saturated carbocycles. The summed E-state index contributed by atoms with van der Waals surface area (Å²) in [5, 5.41) is 5.43. The highest BCUT2D eigenvalue weighted by Gasteiger charge is 2.34. The predicted octanol–water partition coefficient (Wildman–Crippen LogP) is 4.10. The van der Waals surface area contributed by atoms with Crippen LogP contribution >= 0.6 is 23.6 Å². The summed E-state index contributed by atoms with van der Waals surface area (Å²) in [5.41, 5.74) is 1.44. The first kappa shape index (κ1) is 18.8. The van der Waals surface area contributed by atoms with Crippen molar-refractivity contribution in [2.75, 3.05) is 18.0 Å². The van der Waals surface area contributed by atoms with Gasteiger partial charge >= 0.3 is 0 Å². The Labute approximate surface area is 169 Å². The molecule has 1 aliphatic heterocycles. The van der Waals surface area contributed by atoms with Crippen molar-refractivity contribution in [1.82, 2.24) is 14.7 Å². The number of hydrogen-bond acceptors (Lipinski definition) is 5. The molecule has 0 bridgehead atoms. The summed E-state index contributed by atoms with van der Waals surface area (Å²) in [6.45, 7) is 4.49. The Morgan fingerprint density at radius 3 is 2.56 bits per heavy atom. The molecule has 1 aliphatic carbocycles. The van der Waals surface area contributed by atoms with Crippen LogP contribution in [0.3, 0.4) is 0 Å². The minimum atomic E-state index is 0.0649. The van der Waals surface area contributed by atoms with Gasteiger partial charge in [-0.25, -0.2) is 4.68 Å². The van der Waals surface area contributed by atoms with Gasteiger partial charge in [0.1, 0.15) is 0 Å². The number of carbonyl (C=O) groups is 1. The van der Waals surface area contributed by atoms with E-state index in [2.05, 4.69) is 40.3 Å². The van der Waals surface area contributed by atoms with Gasteiger partial charge in [0.05, 0.1) is 6.67 Å². The summed E-state index contributed by atoms with van der Waals surface area (Å²) in [6.07, 6.45) is 5.73. The molecule has 0 spiro atoms. The van der Waals surface area contributed by atoms with Gasteiger partial charge in [-0.15, -0.1) is 5.10 Å². The highest BCUT2D eigenvalue weighted by atomic mass is 32.1. The normalized spacial score (nSPS) is 18.6. The maximum absolute atomic E-state index is 12.0. The van der Waals surface area contributed by atoms with Crippen LogP contribution in [-0.2, 0) is 17.9 Å². The van der Waals surface area contributed by atoms with Crippen molar-refractivity contribution < 1.29 is 4.79 Å². The van der Waals surface area contributed by atoms with Gasteiger partial charge in [-0.05, 0) is 55.8 Å². The van der Waals surface area contributed by atoms with E-state index in [4.69, 9.17) is 12.2 Å². The van der Waals surface area contributed by atoms with Crippen LogP contribution in [0.25, 0.3) is 0 Å². The fourth-order valence-corrected chi connectivity index (χ4v) is 5.03. The maximum atomic E-state index is 12.0. The van der Waals surface area contributed by atoms with E-state index in [0.717, 1.165) is 47.6 Å². The second-order valence-electron chi connectivity index (χ2n) is 7.66. The third-order valence-electron chi connectivity index (χ3n) is 5.46. The summed E-state index contributed by atoms with van der Waals surface area (Å²) in [5.74, 6) is 0.820. The van der Waals surface area contributed by atoms with Gasteiger partial charge in [-0.3, -0.25) is 14.6 Å². The topological polar surface area (TPSA) is 41.4 Å². The maximum Gasteiger partial charge on any atom is 0.225 e. The lowest BCUT2D eigenvalue weighted by atomic mass is 9.90. The Hall–Kier alpha value is -1.57. The highest BCUT2D eigenvalue weighted by Crippen LogP contribution is 2.33. The number of amides is 1. The van der Waals surface area contributed by atoms with Crippen LogP contribution < -0.4 is 4.90 Å². The van der Waals surface area contributed by atoms with Gasteiger partial charge in [-0.2, -0.15) is 0 Å². The fourth-order valence-electron chi connectivity index (χ4n) is 3.83. The molecular formula is C20H26N4OS2. The zero-order chi connectivity index (χ0) is 18.8. The van der Waals surface area contributed by atoms with Crippen LogP contribution in [0.15, 0.2) is 30.3 Å². The molecule has 2 aliphatic rings. The minimum absolute atomic E-state index is 0.0649. The molecule has 4 rings (SSSR count). The van der Waals surface area contributed by atoms with Gasteiger partial charge in [0, 0.05) is 26.1 Å². The average Bonchev–Trinajstić information content (AvgIpc) is 3.41. The molecule has 5 nitrogen and oxygen atoms in total. The number of carbonyl (C=O) groups excluding carboxylic acids is 1. The van der Waals surface area contributed by atoms with Crippen molar-refractivity contribution in [1.29, 1.82) is 0 Å². The van der Waals surface area contributed by atoms with E-state index in [9.17, 15) is 4.79 Å². The Morgan fingerprint density at radius 2 is 1.93 bits per heavy atom. The summed E-state index contributed by atoms with van der Waals surface area (Å²) in [7, 11) is 0. The summed E-state index contributed by atoms with van der Waals surface area (Å²) >= 11 is 6.97. The van der Waals surface area contributed by atoms with Gasteiger partial charge in [0.15, 0.2) is 3.95 Å². The van der Waals surface area contributed by atoms with Crippen LogP contribution in [0.5, 0.6) is 0 Å². The standard InChI is InChI=1S/C20H26N4OS2/c1-15(25)24(18-7-8-18)19-21-23(20(26)27-19)14-22-11-9-17(10-12-22)13-16-5-3-2-4-6-16/h2-6,17-18H,7-14H2,1H3. The first-order valence-electron chi connectivity index (χ1n) is 9.74. The monoisotopic (exact) mass is 402 g/mol. The van der Waals surface area contributed by atoms with Crippen LogP contribution in [0.1, 0.15) is 38.2 Å². The number of nitrogens with zero attached hydrogens (tertiary/aromatic N) is 4. The molecule has 0 N–H and O–H groups in total. The van der Waals surface area contributed by atoms with E-state index in [1.165, 1.54) is 36.2 Å². The molecule has 0 atom stereocenters. The molecule has 2 fully saturated rings. The minimum Gasteiger partial charge on any atom is -0.284 e. The molecule has 1 saturated heterocycles. The summed E-state index contributed by atoms with van der Waals surface area (Å²) in [6, 6.07) is 11.1. The van der Waals surface area contributed by atoms with Crippen LogP contribution in [0, 0.1) is 9.87 Å². The molecule has 144 valence electrons. The van der Waals surface area contributed by atoms with E-state index >= 15 is 0 Å². The summed E-state index contributed by atoms with van der Waals surface area (Å²) in [4.78, 5) is 16.2. The van der Waals surface area contributed by atoms with Crippen molar-refractivity contribution in [3.63, 3.8) is 0 Å². The fraction of sp³-hybridized carbons (Fsp3) is 0.550. The van der Waals surface area contributed by atoms with E-state index in [1.807, 2.05) is 9.58 Å². The lowest BCUT2D eigenvalue weighted by Crippen LogP contribution is -2.36. The Balaban J connectivity index is 1.34. The number of piperidine rings is 1. The number of hydrogen-bond donors (Lipinski definition) is 0. The molecule has 27 heavy (non-hydrogen) atoms. The lowest BCUT2D eigenvalue weighted by Gasteiger charge is -2.31. The van der Waals surface area contributed by atoms with Gasteiger partial charge < -0.3 is 0 Å². The molecule has 7 heteroatoms. The van der Waals surface area contributed by atoms with Crippen molar-refractivity contribution in [3.8, 4) is 0 Å². The first-order chi connectivity index (χ1) is 13.1. The molecule has 1 aromatic heterocycles. The van der Waals surface area contributed by atoms with Crippen molar-refractivity contribution in [2.24, 2.45) is 5.92 Å². The zero-order valence-corrected chi connectivity index (χ0v) is 17.3. The van der Waals surface area contributed by atoms with Gasteiger partial charge in [0.2, 0.25) is 11.0 Å². The molecule has 2 heterocycles. The number of anilines is 1. The van der Waals surface area contributed by atoms with E-state index in [0.29, 0.717) is 6.04 Å². The second-order valence-corrected chi connectivity index (χ2v) is 9.26. The van der Waals surface area contributed by atoms with Crippen molar-refractivity contribution in [3.05, 3.63) is 39.8 Å². The Morgan fingerprint density at radius 1 is 1.22 bits per heavy atom. The quantitative estimate of drug-likeness (QED) is 0.682. The second kappa shape index (κ2) is 8.20. The van der Waals surface area contributed by atoms with Gasteiger partial charge in [-0.1, -0.05) is 41.7 Å². The third kappa shape index (κ3) is 4.65. The molecule has 0 unspecified atom stereocenters. The smallest absolute Gasteiger partial charge is 0.225 e.